The predicted molar refractivity (Wildman–Crippen MR) is 75.5 cm³/mol. The van der Waals surface area contributed by atoms with Gasteiger partial charge in [-0.25, -0.2) is 0 Å². The molecular formula is C13H13IN2. The van der Waals surface area contributed by atoms with E-state index in [0.29, 0.717) is 0 Å². The summed E-state index contributed by atoms with van der Waals surface area (Å²) in [5.41, 5.74) is 3.54. The molecule has 0 bridgehead atoms. The molecule has 1 heterocycles. The molecule has 3 heteroatoms. The van der Waals surface area contributed by atoms with Gasteiger partial charge in [-0.2, -0.15) is 0 Å². The van der Waals surface area contributed by atoms with Crippen molar-refractivity contribution >= 4 is 28.3 Å². The molecule has 0 fully saturated rings. The first kappa shape index (κ1) is 11.4. The van der Waals surface area contributed by atoms with Crippen molar-refractivity contribution in [2.45, 2.75) is 13.5 Å². The molecule has 2 aromatic rings. The Labute approximate surface area is 109 Å². The van der Waals surface area contributed by atoms with E-state index in [9.17, 15) is 0 Å². The van der Waals surface area contributed by atoms with Gasteiger partial charge in [-0.05, 0) is 64.9 Å². The molecule has 0 atom stereocenters. The summed E-state index contributed by atoms with van der Waals surface area (Å²) in [4.78, 5) is 4.17. The lowest BCUT2D eigenvalue weighted by Gasteiger charge is -2.06. The SMILES string of the molecule is Cc1cncc(CNc2ccc(I)cc2)c1. The van der Waals surface area contributed by atoms with E-state index in [1.54, 1.807) is 0 Å². The van der Waals surface area contributed by atoms with E-state index in [4.69, 9.17) is 0 Å². The number of rotatable bonds is 3. The monoisotopic (exact) mass is 324 g/mol. The highest BCUT2D eigenvalue weighted by molar-refractivity contribution is 14.1. The molecule has 0 aliphatic carbocycles. The number of nitrogens with zero attached hydrogens (tertiary/aromatic N) is 1. The fraction of sp³-hybridized carbons (Fsp3) is 0.154. The van der Waals surface area contributed by atoms with E-state index in [1.165, 1.54) is 14.7 Å². The summed E-state index contributed by atoms with van der Waals surface area (Å²) >= 11 is 2.30. The van der Waals surface area contributed by atoms with Crippen molar-refractivity contribution in [1.82, 2.24) is 4.98 Å². The maximum atomic E-state index is 4.17. The largest absolute Gasteiger partial charge is 0.381 e. The molecular weight excluding hydrogens is 311 g/mol. The number of nitrogens with one attached hydrogen (secondary N) is 1. The van der Waals surface area contributed by atoms with E-state index < -0.39 is 0 Å². The Morgan fingerprint density at radius 2 is 1.94 bits per heavy atom. The van der Waals surface area contributed by atoms with E-state index in [2.05, 4.69) is 70.1 Å². The minimum Gasteiger partial charge on any atom is -0.381 e. The zero-order chi connectivity index (χ0) is 11.4. The van der Waals surface area contributed by atoms with Crippen LogP contribution in [0.4, 0.5) is 5.69 Å². The minimum atomic E-state index is 0.815. The summed E-state index contributed by atoms with van der Waals surface area (Å²) in [6.07, 6.45) is 3.76. The molecule has 0 amide bonds. The molecule has 0 saturated heterocycles. The van der Waals surface area contributed by atoms with E-state index in [-0.39, 0.29) is 0 Å². The molecule has 82 valence electrons. The Hall–Kier alpha value is -1.10. The van der Waals surface area contributed by atoms with Crippen LogP contribution in [0.1, 0.15) is 11.1 Å². The van der Waals surface area contributed by atoms with Crippen LogP contribution in [0.5, 0.6) is 0 Å². The summed E-state index contributed by atoms with van der Waals surface area (Å²) in [5.74, 6) is 0. The Morgan fingerprint density at radius 1 is 1.19 bits per heavy atom. The van der Waals surface area contributed by atoms with Crippen LogP contribution in [-0.2, 0) is 6.54 Å². The number of anilines is 1. The molecule has 0 radical (unpaired) electrons. The fourth-order valence-electron chi connectivity index (χ4n) is 1.49. The third-order valence-corrected chi connectivity index (χ3v) is 2.99. The van der Waals surface area contributed by atoms with Crippen LogP contribution in [0, 0.1) is 10.5 Å². The van der Waals surface area contributed by atoms with Gasteiger partial charge >= 0.3 is 0 Å². The molecule has 0 saturated carbocycles. The zero-order valence-electron chi connectivity index (χ0n) is 9.07. The molecule has 1 aromatic carbocycles. The number of aryl methyl sites for hydroxylation is 1. The predicted octanol–water partition coefficient (Wildman–Crippen LogP) is 3.61. The lowest BCUT2D eigenvalue weighted by molar-refractivity contribution is 1.10. The van der Waals surface area contributed by atoms with Gasteiger partial charge in [0.05, 0.1) is 0 Å². The van der Waals surface area contributed by atoms with Gasteiger partial charge in [0, 0.05) is 28.2 Å². The third-order valence-electron chi connectivity index (χ3n) is 2.27. The van der Waals surface area contributed by atoms with Crippen molar-refractivity contribution in [2.24, 2.45) is 0 Å². The van der Waals surface area contributed by atoms with Crippen molar-refractivity contribution in [2.75, 3.05) is 5.32 Å². The lowest BCUT2D eigenvalue weighted by Crippen LogP contribution is -2.00. The highest BCUT2D eigenvalue weighted by Crippen LogP contribution is 2.12. The van der Waals surface area contributed by atoms with Crippen LogP contribution in [0.2, 0.25) is 0 Å². The molecule has 0 aliphatic heterocycles. The first-order valence-corrected chi connectivity index (χ1v) is 6.22. The van der Waals surface area contributed by atoms with E-state index in [0.717, 1.165) is 12.2 Å². The molecule has 0 aliphatic rings. The first-order valence-electron chi connectivity index (χ1n) is 5.14. The number of hydrogen-bond donors (Lipinski definition) is 1. The lowest BCUT2D eigenvalue weighted by atomic mass is 10.2. The van der Waals surface area contributed by atoms with Crippen LogP contribution < -0.4 is 5.32 Å². The van der Waals surface area contributed by atoms with Crippen LogP contribution in [0.25, 0.3) is 0 Å². The van der Waals surface area contributed by atoms with Gasteiger partial charge in [0.15, 0.2) is 0 Å². The number of halogens is 1. The number of hydrogen-bond acceptors (Lipinski definition) is 2. The summed E-state index contributed by atoms with van der Waals surface area (Å²) < 4.78 is 1.25. The van der Waals surface area contributed by atoms with Gasteiger partial charge in [-0.3, -0.25) is 4.98 Å². The quantitative estimate of drug-likeness (QED) is 0.873. The second-order valence-electron chi connectivity index (χ2n) is 3.73. The number of aromatic nitrogens is 1. The summed E-state index contributed by atoms with van der Waals surface area (Å²) in [7, 11) is 0. The highest BCUT2D eigenvalue weighted by atomic mass is 127. The summed E-state index contributed by atoms with van der Waals surface area (Å²) in [5, 5.41) is 3.37. The van der Waals surface area contributed by atoms with Crippen molar-refractivity contribution in [3.63, 3.8) is 0 Å². The normalized spacial score (nSPS) is 10.1. The average Bonchev–Trinajstić information content (AvgIpc) is 2.28. The summed E-state index contributed by atoms with van der Waals surface area (Å²) in [6, 6.07) is 10.5. The molecule has 1 aromatic heterocycles. The van der Waals surface area contributed by atoms with Gasteiger partial charge in [-0.1, -0.05) is 6.07 Å². The van der Waals surface area contributed by atoms with Crippen molar-refractivity contribution in [3.05, 3.63) is 57.4 Å². The molecule has 1 N–H and O–H groups in total. The fourth-order valence-corrected chi connectivity index (χ4v) is 1.85. The Bertz CT molecular complexity index is 466. The molecule has 2 nitrogen and oxygen atoms in total. The highest BCUT2D eigenvalue weighted by Gasteiger charge is 1.95. The Balaban J connectivity index is 1.99. The molecule has 0 spiro atoms. The molecule has 0 unspecified atom stereocenters. The van der Waals surface area contributed by atoms with Gasteiger partial charge in [0.2, 0.25) is 0 Å². The Morgan fingerprint density at radius 3 is 2.62 bits per heavy atom. The second kappa shape index (κ2) is 5.30. The maximum absolute atomic E-state index is 4.17. The van der Waals surface area contributed by atoms with Gasteiger partial charge in [0.25, 0.3) is 0 Å². The summed E-state index contributed by atoms with van der Waals surface area (Å²) in [6.45, 7) is 2.87. The van der Waals surface area contributed by atoms with Crippen molar-refractivity contribution in [1.29, 1.82) is 0 Å². The van der Waals surface area contributed by atoms with Crippen molar-refractivity contribution in [3.8, 4) is 0 Å². The molecule has 2 rings (SSSR count). The van der Waals surface area contributed by atoms with Gasteiger partial charge in [-0.15, -0.1) is 0 Å². The number of pyridine rings is 1. The van der Waals surface area contributed by atoms with Gasteiger partial charge in [0.1, 0.15) is 0 Å². The van der Waals surface area contributed by atoms with E-state index in [1.807, 2.05) is 12.4 Å². The standard InChI is InChI=1S/C13H13IN2/c1-10-6-11(8-15-7-10)9-16-13-4-2-12(14)3-5-13/h2-8,16H,9H2,1H3. The minimum absolute atomic E-state index is 0.815. The van der Waals surface area contributed by atoms with Crippen molar-refractivity contribution < 1.29 is 0 Å². The third kappa shape index (κ3) is 3.20. The van der Waals surface area contributed by atoms with Crippen LogP contribution in [-0.4, -0.2) is 4.98 Å². The number of benzene rings is 1. The van der Waals surface area contributed by atoms with Crippen LogP contribution in [0.3, 0.4) is 0 Å². The molecule has 16 heavy (non-hydrogen) atoms. The topological polar surface area (TPSA) is 24.9 Å². The first-order chi connectivity index (χ1) is 7.74. The maximum Gasteiger partial charge on any atom is 0.0416 e. The zero-order valence-corrected chi connectivity index (χ0v) is 11.2. The van der Waals surface area contributed by atoms with E-state index >= 15 is 0 Å². The second-order valence-corrected chi connectivity index (χ2v) is 4.98. The van der Waals surface area contributed by atoms with Gasteiger partial charge < -0.3 is 5.32 Å². The smallest absolute Gasteiger partial charge is 0.0416 e. The van der Waals surface area contributed by atoms with Crippen LogP contribution in [0.15, 0.2) is 42.7 Å². The van der Waals surface area contributed by atoms with Crippen LogP contribution >= 0.6 is 22.6 Å². The average molecular weight is 324 g/mol. The Kier molecular flexibility index (Phi) is 3.77.